The Kier molecular flexibility index (Phi) is 7.81. The number of urea groups is 1. The van der Waals surface area contributed by atoms with Gasteiger partial charge in [0, 0.05) is 60.8 Å². The minimum atomic E-state index is -0.423. The third kappa shape index (κ3) is 7.16. The Morgan fingerprint density at radius 1 is 1.08 bits per heavy atom. The summed E-state index contributed by atoms with van der Waals surface area (Å²) in [7, 11) is 0. The molecule has 2 N–H and O–H groups in total. The van der Waals surface area contributed by atoms with Crippen molar-refractivity contribution in [2.75, 3.05) is 50.1 Å². The highest BCUT2D eigenvalue weighted by atomic mass is 16.5. The van der Waals surface area contributed by atoms with E-state index in [-0.39, 0.29) is 5.41 Å². The Hall–Kier alpha value is -4.33. The number of rotatable bonds is 6. The lowest BCUT2D eigenvalue weighted by molar-refractivity contribution is 0.0322. The zero-order valence-electron chi connectivity index (χ0n) is 22.4. The van der Waals surface area contributed by atoms with E-state index < -0.39 is 6.03 Å². The van der Waals surface area contributed by atoms with Gasteiger partial charge >= 0.3 is 6.03 Å². The number of fused-ring (bicyclic) bond motifs is 1. The van der Waals surface area contributed by atoms with Crippen LogP contribution in [0.25, 0.3) is 5.65 Å². The number of anilines is 2. The van der Waals surface area contributed by atoms with Gasteiger partial charge in [0.15, 0.2) is 5.82 Å². The third-order valence-corrected chi connectivity index (χ3v) is 6.18. The molecule has 1 aliphatic rings. The molecule has 0 saturated carbocycles. The number of hydrogen-bond donors (Lipinski definition) is 2. The molecule has 10 nitrogen and oxygen atoms in total. The molecule has 3 aromatic heterocycles. The maximum Gasteiger partial charge on any atom is 0.324 e. The van der Waals surface area contributed by atoms with Crippen LogP contribution in [0.4, 0.5) is 16.3 Å². The van der Waals surface area contributed by atoms with Crippen molar-refractivity contribution >= 4 is 23.2 Å². The van der Waals surface area contributed by atoms with Crippen molar-refractivity contribution in [2.45, 2.75) is 26.2 Å². The number of nitrogens with zero attached hydrogens (tertiary/aromatic N) is 4. The molecule has 1 fully saturated rings. The van der Waals surface area contributed by atoms with Crippen LogP contribution < -0.4 is 15.4 Å². The number of morpholine rings is 1. The molecule has 4 heterocycles. The molecule has 2 amide bonds. The molecule has 39 heavy (non-hydrogen) atoms. The second kappa shape index (κ2) is 11.6. The van der Waals surface area contributed by atoms with Crippen molar-refractivity contribution in [3.8, 4) is 17.6 Å². The number of carbonyl (C=O) groups is 1. The van der Waals surface area contributed by atoms with Gasteiger partial charge in [0.1, 0.15) is 29.5 Å². The lowest BCUT2D eigenvalue weighted by atomic mass is 9.93. The standard InChI is InChI=1S/C29H32N6O4/c1-29(2,3)25-19-26(33-39-25)32-28(36)31-22-10-11-35-20-23(30-27(35)18-22)7-4-21-5-8-24(9-6-21)38-17-14-34-12-15-37-16-13-34/h5-6,8-11,18-20H,12-17H2,1-3H3,(H2,31,32,33,36). The number of pyridine rings is 1. The van der Waals surface area contributed by atoms with Crippen LogP contribution in [-0.4, -0.2) is 64.9 Å². The van der Waals surface area contributed by atoms with Crippen LogP contribution in [-0.2, 0) is 10.2 Å². The summed E-state index contributed by atoms with van der Waals surface area (Å²) < 4.78 is 18.4. The summed E-state index contributed by atoms with van der Waals surface area (Å²) in [6.45, 7) is 11.1. The number of benzene rings is 1. The highest BCUT2D eigenvalue weighted by molar-refractivity contribution is 5.99. The number of amides is 2. The molecule has 1 saturated heterocycles. The molecule has 5 rings (SSSR count). The minimum absolute atomic E-state index is 0.198. The summed E-state index contributed by atoms with van der Waals surface area (Å²) in [5.74, 6) is 8.11. The maximum atomic E-state index is 12.4. The van der Waals surface area contributed by atoms with Crippen LogP contribution >= 0.6 is 0 Å². The van der Waals surface area contributed by atoms with E-state index in [0.717, 1.165) is 44.2 Å². The Bertz CT molecular complexity index is 1480. The molecule has 202 valence electrons. The molecule has 0 bridgehead atoms. The normalized spacial score (nSPS) is 14.0. The lowest BCUT2D eigenvalue weighted by Crippen LogP contribution is -2.38. The summed E-state index contributed by atoms with van der Waals surface area (Å²) in [4.78, 5) is 19.3. The first-order chi connectivity index (χ1) is 18.8. The SMILES string of the molecule is CC(C)(C)c1cc(NC(=O)Nc2ccn3cc(C#Cc4ccc(OCCN5CCOCC5)cc4)nc3c2)no1. The van der Waals surface area contributed by atoms with Gasteiger partial charge in [-0.3, -0.25) is 10.2 Å². The van der Waals surface area contributed by atoms with E-state index >= 15 is 0 Å². The average Bonchev–Trinajstić information content (AvgIpc) is 3.55. The van der Waals surface area contributed by atoms with Crippen molar-refractivity contribution in [1.82, 2.24) is 19.4 Å². The van der Waals surface area contributed by atoms with E-state index in [9.17, 15) is 4.79 Å². The van der Waals surface area contributed by atoms with Crippen molar-refractivity contribution < 1.29 is 18.8 Å². The largest absolute Gasteiger partial charge is 0.492 e. The van der Waals surface area contributed by atoms with E-state index in [0.29, 0.717) is 35.2 Å². The average molecular weight is 529 g/mol. The molecule has 0 aliphatic carbocycles. The molecule has 10 heteroatoms. The second-order valence-corrected chi connectivity index (χ2v) is 10.3. The fraction of sp³-hybridized carbons (Fsp3) is 0.345. The topological polar surface area (TPSA) is 106 Å². The number of ether oxygens (including phenoxy) is 2. The van der Waals surface area contributed by atoms with Crippen LogP contribution in [0.3, 0.4) is 0 Å². The third-order valence-electron chi connectivity index (χ3n) is 6.18. The highest BCUT2D eigenvalue weighted by Crippen LogP contribution is 2.24. The quantitative estimate of drug-likeness (QED) is 0.358. The van der Waals surface area contributed by atoms with Gasteiger partial charge in [-0.05, 0) is 36.3 Å². The van der Waals surface area contributed by atoms with Crippen LogP contribution in [0.1, 0.15) is 37.8 Å². The zero-order valence-corrected chi connectivity index (χ0v) is 22.4. The molecule has 1 aliphatic heterocycles. The van der Waals surface area contributed by atoms with E-state index in [1.54, 1.807) is 18.2 Å². The predicted molar refractivity (Wildman–Crippen MR) is 148 cm³/mol. The van der Waals surface area contributed by atoms with Crippen molar-refractivity contribution in [3.63, 3.8) is 0 Å². The van der Waals surface area contributed by atoms with Gasteiger partial charge in [-0.25, -0.2) is 9.78 Å². The first-order valence-electron chi connectivity index (χ1n) is 12.9. The zero-order chi connectivity index (χ0) is 27.2. The van der Waals surface area contributed by atoms with Gasteiger partial charge in [-0.1, -0.05) is 31.8 Å². The predicted octanol–water partition coefficient (Wildman–Crippen LogP) is 4.37. The molecule has 0 atom stereocenters. The lowest BCUT2D eigenvalue weighted by Gasteiger charge is -2.26. The second-order valence-electron chi connectivity index (χ2n) is 10.3. The first-order valence-corrected chi connectivity index (χ1v) is 12.9. The summed E-state index contributed by atoms with van der Waals surface area (Å²) >= 11 is 0. The number of carbonyl (C=O) groups excluding carboxylic acids is 1. The van der Waals surface area contributed by atoms with Crippen molar-refractivity contribution in [2.24, 2.45) is 0 Å². The molecule has 0 unspecified atom stereocenters. The molecular weight excluding hydrogens is 496 g/mol. The van der Waals surface area contributed by atoms with Gasteiger partial charge in [-0.2, -0.15) is 0 Å². The summed E-state index contributed by atoms with van der Waals surface area (Å²) in [6, 6.07) is 12.6. The summed E-state index contributed by atoms with van der Waals surface area (Å²) in [5.41, 5.74) is 2.55. The van der Waals surface area contributed by atoms with E-state index in [2.05, 4.69) is 37.5 Å². The highest BCUT2D eigenvalue weighted by Gasteiger charge is 2.20. The van der Waals surface area contributed by atoms with Gasteiger partial charge in [0.05, 0.1) is 13.2 Å². The maximum absolute atomic E-state index is 12.4. The van der Waals surface area contributed by atoms with Crippen molar-refractivity contribution in [1.29, 1.82) is 0 Å². The van der Waals surface area contributed by atoms with Gasteiger partial charge in [0.2, 0.25) is 0 Å². The van der Waals surface area contributed by atoms with Crippen molar-refractivity contribution in [3.05, 3.63) is 71.9 Å². The Morgan fingerprint density at radius 3 is 2.62 bits per heavy atom. The number of nitrogens with one attached hydrogen (secondary N) is 2. The smallest absolute Gasteiger partial charge is 0.324 e. The van der Waals surface area contributed by atoms with E-state index in [4.69, 9.17) is 14.0 Å². The fourth-order valence-corrected chi connectivity index (χ4v) is 3.97. The van der Waals surface area contributed by atoms with E-state index in [1.165, 1.54) is 0 Å². The minimum Gasteiger partial charge on any atom is -0.492 e. The summed E-state index contributed by atoms with van der Waals surface area (Å²) in [5, 5.41) is 9.39. The van der Waals surface area contributed by atoms with Gasteiger partial charge < -0.3 is 23.7 Å². The fourth-order valence-electron chi connectivity index (χ4n) is 3.97. The molecular formula is C29H32N6O4. The number of imidazole rings is 1. The van der Waals surface area contributed by atoms with Gasteiger partial charge in [-0.15, -0.1) is 0 Å². The molecule has 4 aromatic rings. The molecule has 0 spiro atoms. The Labute approximate surface area is 227 Å². The summed E-state index contributed by atoms with van der Waals surface area (Å²) in [6.07, 6.45) is 3.67. The Balaban J connectivity index is 1.15. The van der Waals surface area contributed by atoms with Crippen LogP contribution in [0.2, 0.25) is 0 Å². The van der Waals surface area contributed by atoms with Crippen LogP contribution in [0.5, 0.6) is 5.75 Å². The number of hydrogen-bond acceptors (Lipinski definition) is 7. The number of aromatic nitrogens is 3. The molecule has 1 aromatic carbocycles. The van der Waals surface area contributed by atoms with E-state index in [1.807, 2.05) is 61.8 Å². The molecule has 0 radical (unpaired) electrons. The Morgan fingerprint density at radius 2 is 1.87 bits per heavy atom. The van der Waals surface area contributed by atoms with Crippen LogP contribution in [0.15, 0.2) is 59.4 Å². The first kappa shape index (κ1) is 26.3. The van der Waals surface area contributed by atoms with Crippen LogP contribution in [0, 0.1) is 11.8 Å². The monoisotopic (exact) mass is 528 g/mol. The van der Waals surface area contributed by atoms with Gasteiger partial charge in [0.25, 0.3) is 0 Å².